The third kappa shape index (κ3) is 6.77. The van der Waals surface area contributed by atoms with E-state index < -0.39 is 0 Å². The van der Waals surface area contributed by atoms with Crippen molar-refractivity contribution in [2.75, 3.05) is 6.61 Å². The molecule has 180 valence electrons. The fourth-order valence-electron chi connectivity index (χ4n) is 3.80. The van der Waals surface area contributed by atoms with Crippen LogP contribution in [0.5, 0.6) is 5.75 Å². The molecular weight excluding hydrogens is 440 g/mol. The molecule has 0 fully saturated rings. The first kappa shape index (κ1) is 24.2. The molecule has 0 radical (unpaired) electrons. The van der Waals surface area contributed by atoms with Crippen molar-refractivity contribution in [2.24, 2.45) is 0 Å². The van der Waals surface area contributed by atoms with Crippen LogP contribution in [0.2, 0.25) is 0 Å². The molecule has 1 atom stereocenters. The number of hydrogen-bond donors (Lipinski definition) is 1. The van der Waals surface area contributed by atoms with E-state index in [1.54, 1.807) is 12.4 Å². The second-order valence-corrected chi connectivity index (χ2v) is 8.24. The Labute approximate surface area is 205 Å². The summed E-state index contributed by atoms with van der Waals surface area (Å²) in [5, 5.41) is 2.86. The highest BCUT2D eigenvalue weighted by Gasteiger charge is 2.20. The SMILES string of the molecule is CCOc1ccc(CN(Cc2nc(C(=O)NCc3cccnc3)co2)C(C)c2ccccc2)cc1. The number of aromatic nitrogens is 2. The minimum atomic E-state index is -0.280. The topological polar surface area (TPSA) is 80.5 Å². The number of carbonyl (C=O) groups excluding carboxylic acids is 1. The van der Waals surface area contributed by atoms with Gasteiger partial charge in [-0.3, -0.25) is 14.7 Å². The number of benzene rings is 2. The van der Waals surface area contributed by atoms with E-state index in [1.165, 1.54) is 11.8 Å². The van der Waals surface area contributed by atoms with Gasteiger partial charge in [0.05, 0.1) is 13.2 Å². The van der Waals surface area contributed by atoms with Gasteiger partial charge in [0.1, 0.15) is 12.0 Å². The van der Waals surface area contributed by atoms with E-state index in [-0.39, 0.29) is 17.6 Å². The molecule has 0 aliphatic heterocycles. The van der Waals surface area contributed by atoms with Crippen LogP contribution in [0.1, 0.15) is 53.0 Å². The molecule has 4 aromatic rings. The summed E-state index contributed by atoms with van der Waals surface area (Å²) in [6.45, 7) is 6.30. The fraction of sp³-hybridized carbons (Fsp3) is 0.250. The van der Waals surface area contributed by atoms with Gasteiger partial charge >= 0.3 is 0 Å². The highest BCUT2D eigenvalue weighted by atomic mass is 16.5. The zero-order valence-corrected chi connectivity index (χ0v) is 20.1. The maximum atomic E-state index is 12.6. The summed E-state index contributed by atoms with van der Waals surface area (Å²) < 4.78 is 11.3. The standard InChI is InChI=1S/C28H30N4O3/c1-3-34-25-13-11-22(12-14-25)18-32(21(2)24-9-5-4-6-10-24)19-27-31-26(20-35-27)28(33)30-17-23-8-7-15-29-16-23/h4-16,20-21H,3,17-19H2,1-2H3,(H,30,33). The van der Waals surface area contributed by atoms with Crippen LogP contribution in [0.15, 0.2) is 89.8 Å². The number of carbonyl (C=O) groups is 1. The molecule has 35 heavy (non-hydrogen) atoms. The number of hydrogen-bond acceptors (Lipinski definition) is 6. The average molecular weight is 471 g/mol. The molecule has 2 heterocycles. The minimum Gasteiger partial charge on any atom is -0.494 e. The molecule has 0 spiro atoms. The van der Waals surface area contributed by atoms with Crippen LogP contribution < -0.4 is 10.1 Å². The maximum Gasteiger partial charge on any atom is 0.273 e. The van der Waals surface area contributed by atoms with E-state index in [4.69, 9.17) is 9.15 Å². The highest BCUT2D eigenvalue weighted by Crippen LogP contribution is 2.25. The molecular formula is C28H30N4O3. The molecule has 0 saturated carbocycles. The van der Waals surface area contributed by atoms with Crippen molar-refractivity contribution < 1.29 is 13.9 Å². The lowest BCUT2D eigenvalue weighted by molar-refractivity contribution is 0.0945. The minimum absolute atomic E-state index is 0.109. The molecule has 2 aromatic carbocycles. The Balaban J connectivity index is 1.46. The molecule has 2 aromatic heterocycles. The van der Waals surface area contributed by atoms with Crippen LogP contribution in [-0.4, -0.2) is 27.4 Å². The van der Waals surface area contributed by atoms with Gasteiger partial charge in [0.15, 0.2) is 5.69 Å². The van der Waals surface area contributed by atoms with Crippen LogP contribution in [0.3, 0.4) is 0 Å². The average Bonchev–Trinajstić information content (AvgIpc) is 3.37. The van der Waals surface area contributed by atoms with Gasteiger partial charge in [-0.2, -0.15) is 0 Å². The summed E-state index contributed by atoms with van der Waals surface area (Å²) in [7, 11) is 0. The number of nitrogens with zero attached hydrogens (tertiary/aromatic N) is 3. The van der Waals surface area contributed by atoms with Gasteiger partial charge in [-0.15, -0.1) is 0 Å². The second kappa shape index (κ2) is 11.9. The molecule has 1 amide bonds. The molecule has 0 saturated heterocycles. The van der Waals surface area contributed by atoms with Gasteiger partial charge in [0.2, 0.25) is 5.89 Å². The van der Waals surface area contributed by atoms with E-state index in [0.717, 1.165) is 16.9 Å². The van der Waals surface area contributed by atoms with Crippen molar-refractivity contribution >= 4 is 5.91 Å². The Kier molecular flexibility index (Phi) is 8.25. The second-order valence-electron chi connectivity index (χ2n) is 8.24. The van der Waals surface area contributed by atoms with Crippen molar-refractivity contribution in [3.05, 3.63) is 114 Å². The van der Waals surface area contributed by atoms with Gasteiger partial charge in [0, 0.05) is 31.5 Å². The van der Waals surface area contributed by atoms with Gasteiger partial charge in [-0.1, -0.05) is 48.5 Å². The number of nitrogens with one attached hydrogen (secondary N) is 1. The van der Waals surface area contributed by atoms with Gasteiger partial charge in [0.25, 0.3) is 5.91 Å². The smallest absolute Gasteiger partial charge is 0.273 e. The Hall–Kier alpha value is -3.97. The lowest BCUT2D eigenvalue weighted by Crippen LogP contribution is -2.27. The Bertz CT molecular complexity index is 1190. The summed E-state index contributed by atoms with van der Waals surface area (Å²) in [5.74, 6) is 1.07. The fourth-order valence-corrected chi connectivity index (χ4v) is 3.80. The Morgan fingerprint density at radius 2 is 1.83 bits per heavy atom. The van der Waals surface area contributed by atoms with Crippen molar-refractivity contribution in [1.29, 1.82) is 0 Å². The van der Waals surface area contributed by atoms with E-state index >= 15 is 0 Å². The first-order chi connectivity index (χ1) is 17.1. The number of oxazole rings is 1. The third-order valence-electron chi connectivity index (χ3n) is 5.75. The van der Waals surface area contributed by atoms with Gasteiger partial charge in [-0.05, 0) is 48.7 Å². The summed E-state index contributed by atoms with van der Waals surface area (Å²) >= 11 is 0. The van der Waals surface area contributed by atoms with Crippen LogP contribution in [0.4, 0.5) is 0 Å². The van der Waals surface area contributed by atoms with Crippen LogP contribution in [0, 0.1) is 0 Å². The summed E-state index contributed by atoms with van der Waals surface area (Å²) in [6, 6.07) is 22.3. The Morgan fingerprint density at radius 1 is 1.03 bits per heavy atom. The predicted molar refractivity (Wildman–Crippen MR) is 134 cm³/mol. The zero-order chi connectivity index (χ0) is 24.5. The van der Waals surface area contributed by atoms with Crippen molar-refractivity contribution in [3.8, 4) is 5.75 Å². The normalized spacial score (nSPS) is 11.9. The van der Waals surface area contributed by atoms with Gasteiger partial charge in [-0.25, -0.2) is 4.98 Å². The Morgan fingerprint density at radius 3 is 2.54 bits per heavy atom. The summed E-state index contributed by atoms with van der Waals surface area (Å²) in [6.07, 6.45) is 4.83. The third-order valence-corrected chi connectivity index (χ3v) is 5.75. The quantitative estimate of drug-likeness (QED) is 0.326. The van der Waals surface area contributed by atoms with Crippen molar-refractivity contribution in [3.63, 3.8) is 0 Å². The zero-order valence-electron chi connectivity index (χ0n) is 20.1. The summed E-state index contributed by atoms with van der Waals surface area (Å²) in [5.41, 5.74) is 3.52. The van der Waals surface area contributed by atoms with Crippen LogP contribution >= 0.6 is 0 Å². The highest BCUT2D eigenvalue weighted by molar-refractivity contribution is 5.91. The molecule has 1 unspecified atom stereocenters. The summed E-state index contributed by atoms with van der Waals surface area (Å²) in [4.78, 5) is 23.4. The lowest BCUT2D eigenvalue weighted by Gasteiger charge is -2.28. The maximum absolute atomic E-state index is 12.6. The molecule has 7 nitrogen and oxygen atoms in total. The number of pyridine rings is 1. The van der Waals surface area contributed by atoms with Crippen molar-refractivity contribution in [1.82, 2.24) is 20.2 Å². The molecule has 4 rings (SSSR count). The first-order valence-electron chi connectivity index (χ1n) is 11.7. The van der Waals surface area contributed by atoms with Crippen molar-refractivity contribution in [2.45, 2.75) is 39.5 Å². The largest absolute Gasteiger partial charge is 0.494 e. The lowest BCUT2D eigenvalue weighted by atomic mass is 10.1. The number of rotatable bonds is 11. The van der Waals surface area contributed by atoms with Crippen LogP contribution in [0.25, 0.3) is 0 Å². The number of amides is 1. The predicted octanol–water partition coefficient (Wildman–Crippen LogP) is 5.16. The molecule has 7 heteroatoms. The first-order valence-corrected chi connectivity index (χ1v) is 11.7. The number of ether oxygens (including phenoxy) is 1. The monoisotopic (exact) mass is 470 g/mol. The van der Waals surface area contributed by atoms with E-state index in [0.29, 0.717) is 32.1 Å². The van der Waals surface area contributed by atoms with E-state index in [9.17, 15) is 4.79 Å². The van der Waals surface area contributed by atoms with E-state index in [1.807, 2.05) is 49.4 Å². The van der Waals surface area contributed by atoms with E-state index in [2.05, 4.69) is 51.4 Å². The molecule has 1 N–H and O–H groups in total. The molecule has 0 aliphatic rings. The molecule has 0 bridgehead atoms. The molecule has 0 aliphatic carbocycles. The van der Waals surface area contributed by atoms with Gasteiger partial charge < -0.3 is 14.5 Å². The van der Waals surface area contributed by atoms with Crippen LogP contribution in [-0.2, 0) is 19.6 Å².